The molecular weight excluding hydrogens is 472 g/mol. The van der Waals surface area contributed by atoms with E-state index in [-0.39, 0.29) is 5.91 Å². The highest BCUT2D eigenvalue weighted by atomic mass is 16.5. The monoisotopic (exact) mass is 502 g/mol. The van der Waals surface area contributed by atoms with Crippen LogP contribution in [0.3, 0.4) is 0 Å². The predicted molar refractivity (Wildman–Crippen MR) is 155 cm³/mol. The maximum atomic E-state index is 14.0. The lowest BCUT2D eigenvalue weighted by Gasteiger charge is -2.14. The number of benzene rings is 3. The van der Waals surface area contributed by atoms with E-state index in [0.29, 0.717) is 17.8 Å². The number of amides is 1. The van der Waals surface area contributed by atoms with Crippen LogP contribution in [0.15, 0.2) is 97.1 Å². The van der Waals surface area contributed by atoms with Crippen molar-refractivity contribution in [2.45, 2.75) is 26.7 Å². The number of hydrogen-bond acceptors (Lipinski definition) is 4. The van der Waals surface area contributed by atoms with Crippen LogP contribution in [-0.4, -0.2) is 27.8 Å². The fourth-order valence-electron chi connectivity index (χ4n) is 4.59. The molecule has 1 amide bonds. The van der Waals surface area contributed by atoms with Crippen molar-refractivity contribution in [3.05, 3.63) is 103 Å². The average molecular weight is 503 g/mol. The van der Waals surface area contributed by atoms with E-state index in [2.05, 4.69) is 24.4 Å². The van der Waals surface area contributed by atoms with Gasteiger partial charge < -0.3 is 10.1 Å². The molecule has 0 fully saturated rings. The predicted octanol–water partition coefficient (Wildman–Crippen LogP) is 7.73. The van der Waals surface area contributed by atoms with Crippen LogP contribution in [-0.2, 0) is 0 Å². The van der Waals surface area contributed by atoms with Gasteiger partial charge in [-0.05, 0) is 49.7 Å². The largest absolute Gasteiger partial charge is 0.497 e. The third-order valence-electron chi connectivity index (χ3n) is 6.43. The number of para-hydroxylation sites is 2. The lowest BCUT2D eigenvalue weighted by molar-refractivity contribution is 0.102. The summed E-state index contributed by atoms with van der Waals surface area (Å²) in [5.74, 6) is 1.18. The number of ether oxygens (including phenoxy) is 1. The van der Waals surface area contributed by atoms with Crippen LogP contribution < -0.4 is 10.1 Å². The summed E-state index contributed by atoms with van der Waals surface area (Å²) in [4.78, 5) is 18.8. The molecule has 38 heavy (non-hydrogen) atoms. The number of carbonyl (C=O) groups excluding carboxylic acids is 1. The van der Waals surface area contributed by atoms with E-state index in [4.69, 9.17) is 14.8 Å². The summed E-state index contributed by atoms with van der Waals surface area (Å²) in [7, 11) is 1.65. The first-order chi connectivity index (χ1) is 18.6. The Labute approximate surface area is 222 Å². The van der Waals surface area contributed by atoms with Crippen molar-refractivity contribution in [2.24, 2.45) is 0 Å². The van der Waals surface area contributed by atoms with E-state index in [1.54, 1.807) is 7.11 Å². The Kier molecular flexibility index (Phi) is 7.31. The number of pyridine rings is 1. The molecule has 0 aliphatic rings. The van der Waals surface area contributed by atoms with Gasteiger partial charge in [-0.15, -0.1) is 0 Å². The molecule has 1 N–H and O–H groups in total. The second-order valence-corrected chi connectivity index (χ2v) is 8.91. The number of methoxy groups -OCH3 is 1. The molecule has 3 aromatic carbocycles. The number of rotatable bonds is 8. The van der Waals surface area contributed by atoms with Crippen LogP contribution in [0.1, 0.15) is 37.0 Å². The van der Waals surface area contributed by atoms with Crippen LogP contribution >= 0.6 is 0 Å². The quantitative estimate of drug-likeness (QED) is 0.174. The first-order valence-corrected chi connectivity index (χ1v) is 12.8. The van der Waals surface area contributed by atoms with Gasteiger partial charge in [0.05, 0.1) is 29.4 Å². The Hall–Kier alpha value is -4.71. The Bertz CT molecular complexity index is 1610. The number of aromatic nitrogens is 3. The van der Waals surface area contributed by atoms with Gasteiger partial charge in [-0.1, -0.05) is 61.5 Å². The van der Waals surface area contributed by atoms with E-state index >= 15 is 0 Å². The summed E-state index contributed by atoms with van der Waals surface area (Å²) in [5, 5.41) is 9.73. The van der Waals surface area contributed by atoms with Gasteiger partial charge in [-0.25, -0.2) is 9.67 Å². The van der Waals surface area contributed by atoms with Gasteiger partial charge in [0.1, 0.15) is 11.6 Å². The van der Waals surface area contributed by atoms with Crippen molar-refractivity contribution >= 4 is 39.2 Å². The molecule has 6 nitrogen and oxygen atoms in total. The maximum absolute atomic E-state index is 14.0. The van der Waals surface area contributed by atoms with Crippen LogP contribution in [0.2, 0.25) is 0 Å². The lowest BCUT2D eigenvalue weighted by Crippen LogP contribution is -2.16. The number of fused-ring (bicyclic) bond motifs is 2. The van der Waals surface area contributed by atoms with E-state index in [1.165, 1.54) is 0 Å². The van der Waals surface area contributed by atoms with Gasteiger partial charge in [0.15, 0.2) is 0 Å². The minimum absolute atomic E-state index is 0.205. The van der Waals surface area contributed by atoms with Crippen molar-refractivity contribution in [1.29, 1.82) is 0 Å². The van der Waals surface area contributed by atoms with Gasteiger partial charge in [0.2, 0.25) is 0 Å². The highest BCUT2D eigenvalue weighted by molar-refractivity contribution is 6.20. The zero-order valence-electron chi connectivity index (χ0n) is 21.8. The van der Waals surface area contributed by atoms with Gasteiger partial charge in [0.25, 0.3) is 5.91 Å². The van der Waals surface area contributed by atoms with Gasteiger partial charge >= 0.3 is 0 Å². The number of carbonyl (C=O) groups is 1. The number of nitrogens with one attached hydrogen (secondary N) is 1. The summed E-state index contributed by atoms with van der Waals surface area (Å²) in [6.45, 7) is 4.09. The Balaban J connectivity index is 1.63. The molecule has 6 heteroatoms. The fraction of sp³-hybridized carbons (Fsp3) is 0.156. The molecule has 2 aromatic heterocycles. The van der Waals surface area contributed by atoms with Gasteiger partial charge in [0, 0.05) is 34.5 Å². The fourth-order valence-corrected chi connectivity index (χ4v) is 4.59. The maximum Gasteiger partial charge on any atom is 0.258 e. The molecule has 2 heterocycles. The van der Waals surface area contributed by atoms with Crippen molar-refractivity contribution in [3.63, 3.8) is 0 Å². The molecule has 0 aliphatic heterocycles. The summed E-state index contributed by atoms with van der Waals surface area (Å²) < 4.78 is 7.16. The van der Waals surface area contributed by atoms with E-state index in [1.807, 2.05) is 96.5 Å². The zero-order valence-corrected chi connectivity index (χ0v) is 21.8. The lowest BCUT2D eigenvalue weighted by atomic mass is 10.0. The number of allylic oxidation sites excluding steroid dienone is 4. The molecule has 0 saturated heterocycles. The second-order valence-electron chi connectivity index (χ2n) is 8.91. The highest BCUT2D eigenvalue weighted by Crippen LogP contribution is 2.30. The number of nitrogens with zero attached hydrogens (tertiary/aromatic N) is 3. The molecule has 0 radical (unpaired) electrons. The number of anilines is 1. The number of hydrogen-bond donors (Lipinski definition) is 1. The Morgan fingerprint density at radius 1 is 0.974 bits per heavy atom. The summed E-state index contributed by atoms with van der Waals surface area (Å²) >= 11 is 0. The summed E-state index contributed by atoms with van der Waals surface area (Å²) in [5.41, 5.74) is 4.84. The molecule has 0 aliphatic carbocycles. The first-order valence-electron chi connectivity index (χ1n) is 12.8. The van der Waals surface area contributed by atoms with Crippen molar-refractivity contribution in [3.8, 4) is 17.0 Å². The van der Waals surface area contributed by atoms with Crippen molar-refractivity contribution in [1.82, 2.24) is 14.8 Å². The average Bonchev–Trinajstić information content (AvgIpc) is 3.37. The topological polar surface area (TPSA) is 69.0 Å². The molecule has 5 aromatic rings. The second kappa shape index (κ2) is 11.1. The summed E-state index contributed by atoms with van der Waals surface area (Å²) in [6.07, 6.45) is 7.78. The zero-order chi connectivity index (χ0) is 26.5. The molecular formula is C32H30N4O2. The van der Waals surface area contributed by atoms with E-state index in [0.717, 1.165) is 50.9 Å². The van der Waals surface area contributed by atoms with E-state index < -0.39 is 0 Å². The van der Waals surface area contributed by atoms with Crippen molar-refractivity contribution in [2.75, 3.05) is 12.4 Å². The first kappa shape index (κ1) is 25.0. The molecule has 0 bridgehead atoms. The van der Waals surface area contributed by atoms with E-state index in [9.17, 15) is 4.79 Å². The SMILES string of the molecule is C/C=C\C/C(=C\CC)n1nc(-c2ccc(OC)cc2)cc1NC(=O)c1c2ccccc2nc2ccccc12. The minimum Gasteiger partial charge on any atom is -0.497 e. The molecule has 190 valence electrons. The van der Waals surface area contributed by atoms with Crippen molar-refractivity contribution < 1.29 is 9.53 Å². The standard InChI is InChI=1S/C32H30N4O2/c1-4-6-12-23(11-5-2)36-30(21-29(35-36)22-17-19-24(38-3)20-18-22)34-32(37)31-25-13-7-9-15-27(25)33-28-16-10-8-14-26(28)31/h4,6-11,13-21H,5,12H2,1-3H3,(H,34,37)/b6-4-,23-11+. The molecule has 0 unspecified atom stereocenters. The Morgan fingerprint density at radius 2 is 1.63 bits per heavy atom. The molecule has 0 spiro atoms. The third-order valence-corrected chi connectivity index (χ3v) is 6.43. The minimum atomic E-state index is -0.205. The molecule has 0 saturated carbocycles. The Morgan fingerprint density at radius 3 is 2.24 bits per heavy atom. The molecule has 5 rings (SSSR count). The van der Waals surface area contributed by atoms with Crippen LogP contribution in [0.5, 0.6) is 5.75 Å². The summed E-state index contributed by atoms with van der Waals surface area (Å²) in [6, 6.07) is 25.2. The van der Waals surface area contributed by atoms with Gasteiger partial charge in [-0.2, -0.15) is 5.10 Å². The molecule has 0 atom stereocenters. The normalized spacial score (nSPS) is 11.9. The smallest absolute Gasteiger partial charge is 0.258 e. The highest BCUT2D eigenvalue weighted by Gasteiger charge is 2.20. The van der Waals surface area contributed by atoms with Crippen LogP contribution in [0, 0.1) is 0 Å². The van der Waals surface area contributed by atoms with Crippen LogP contribution in [0.4, 0.5) is 5.82 Å². The van der Waals surface area contributed by atoms with Gasteiger partial charge in [-0.3, -0.25) is 4.79 Å². The third kappa shape index (κ3) is 4.93. The van der Waals surface area contributed by atoms with Crippen LogP contribution in [0.25, 0.3) is 38.8 Å².